The Morgan fingerprint density at radius 3 is 2.43 bits per heavy atom. The average molecular weight is 290 g/mol. The Morgan fingerprint density at radius 1 is 1.19 bits per heavy atom. The summed E-state index contributed by atoms with van der Waals surface area (Å²) in [6.45, 7) is 5.07. The van der Waals surface area contributed by atoms with Crippen molar-refractivity contribution < 1.29 is 14.0 Å². The molecule has 5 nitrogen and oxygen atoms in total. The molecular formula is C16H22N2O3. The van der Waals surface area contributed by atoms with Gasteiger partial charge in [0.2, 0.25) is 11.8 Å². The Morgan fingerprint density at radius 2 is 1.81 bits per heavy atom. The summed E-state index contributed by atoms with van der Waals surface area (Å²) in [7, 11) is 0. The van der Waals surface area contributed by atoms with E-state index in [0.717, 1.165) is 25.0 Å². The van der Waals surface area contributed by atoms with Gasteiger partial charge >= 0.3 is 0 Å². The molecule has 0 aromatic carbocycles. The zero-order valence-corrected chi connectivity index (χ0v) is 12.6. The smallest absolute Gasteiger partial charge is 0.233 e. The van der Waals surface area contributed by atoms with Crippen molar-refractivity contribution in [2.75, 3.05) is 0 Å². The number of carbonyl (C=O) groups is 2. The van der Waals surface area contributed by atoms with Crippen LogP contribution in [0.25, 0.3) is 0 Å². The van der Waals surface area contributed by atoms with Gasteiger partial charge in [-0.25, -0.2) is 0 Å². The number of carbonyl (C=O) groups excluding carboxylic acids is 2. The van der Waals surface area contributed by atoms with Crippen LogP contribution in [0.1, 0.15) is 44.6 Å². The molecule has 2 unspecified atom stereocenters. The van der Waals surface area contributed by atoms with Gasteiger partial charge in [0, 0.05) is 6.04 Å². The van der Waals surface area contributed by atoms with Crippen molar-refractivity contribution in [1.29, 1.82) is 0 Å². The molecule has 0 radical (unpaired) electrons. The van der Waals surface area contributed by atoms with Gasteiger partial charge in [-0.1, -0.05) is 20.3 Å². The first-order valence-electron chi connectivity index (χ1n) is 7.72. The number of imide groups is 1. The van der Waals surface area contributed by atoms with Crippen LogP contribution in [0.3, 0.4) is 0 Å². The molecule has 1 saturated heterocycles. The molecule has 1 aromatic rings. The van der Waals surface area contributed by atoms with Crippen LogP contribution in [-0.2, 0) is 22.7 Å². The maximum atomic E-state index is 12.3. The molecule has 0 bridgehead atoms. The second-order valence-electron chi connectivity index (χ2n) is 6.31. The number of nitrogens with zero attached hydrogens (tertiary/aromatic N) is 1. The highest BCUT2D eigenvalue weighted by atomic mass is 16.3. The molecule has 1 saturated carbocycles. The highest BCUT2D eigenvalue weighted by Crippen LogP contribution is 2.40. The minimum Gasteiger partial charge on any atom is -0.463 e. The fourth-order valence-corrected chi connectivity index (χ4v) is 3.28. The van der Waals surface area contributed by atoms with E-state index in [2.05, 4.69) is 19.2 Å². The lowest BCUT2D eigenvalue weighted by Gasteiger charge is -2.14. The first-order valence-corrected chi connectivity index (χ1v) is 7.72. The van der Waals surface area contributed by atoms with Crippen LogP contribution >= 0.6 is 0 Å². The Kier molecular flexibility index (Phi) is 3.85. The van der Waals surface area contributed by atoms with Crippen molar-refractivity contribution >= 4 is 11.8 Å². The number of fused-ring (bicyclic) bond motifs is 1. The molecule has 1 aromatic heterocycles. The van der Waals surface area contributed by atoms with Crippen molar-refractivity contribution in [3.8, 4) is 0 Å². The first kappa shape index (κ1) is 14.3. The molecule has 5 heteroatoms. The van der Waals surface area contributed by atoms with Crippen LogP contribution in [0, 0.1) is 11.8 Å². The molecule has 21 heavy (non-hydrogen) atoms. The summed E-state index contributed by atoms with van der Waals surface area (Å²) in [5, 5.41) is 3.28. The van der Waals surface area contributed by atoms with Gasteiger partial charge in [-0.15, -0.1) is 0 Å². The molecule has 2 atom stereocenters. The minimum absolute atomic E-state index is 0.0132. The third-order valence-corrected chi connectivity index (χ3v) is 4.40. The molecule has 2 amide bonds. The third kappa shape index (κ3) is 2.75. The van der Waals surface area contributed by atoms with Crippen LogP contribution < -0.4 is 5.32 Å². The van der Waals surface area contributed by atoms with E-state index in [-0.39, 0.29) is 30.2 Å². The van der Waals surface area contributed by atoms with Gasteiger partial charge in [0.15, 0.2) is 0 Å². The van der Waals surface area contributed by atoms with Crippen LogP contribution in [0.2, 0.25) is 0 Å². The fourth-order valence-electron chi connectivity index (χ4n) is 3.28. The van der Waals surface area contributed by atoms with Crippen LogP contribution in [-0.4, -0.2) is 22.8 Å². The average Bonchev–Trinajstić information content (AvgIpc) is 3.13. The predicted octanol–water partition coefficient (Wildman–Crippen LogP) is 2.06. The highest BCUT2D eigenvalue weighted by molar-refractivity contribution is 6.05. The summed E-state index contributed by atoms with van der Waals surface area (Å²) in [6.07, 6.45) is 2.70. The number of furan rings is 1. The van der Waals surface area contributed by atoms with Gasteiger partial charge < -0.3 is 9.73 Å². The molecule has 1 N–H and O–H groups in total. The van der Waals surface area contributed by atoms with Crippen molar-refractivity contribution in [2.24, 2.45) is 11.8 Å². The van der Waals surface area contributed by atoms with E-state index < -0.39 is 0 Å². The standard InChI is InChI=1S/C16H22N2O3/c1-10(2)17-8-11-6-7-12(21-11)9-18-15(19)13-4-3-5-14(13)16(18)20/h6-7,10,13-14,17H,3-5,8-9H2,1-2H3. The first-order chi connectivity index (χ1) is 10.1. The number of hydrogen-bond acceptors (Lipinski definition) is 4. The largest absolute Gasteiger partial charge is 0.463 e. The maximum Gasteiger partial charge on any atom is 0.233 e. The fraction of sp³-hybridized carbons (Fsp3) is 0.625. The van der Waals surface area contributed by atoms with E-state index in [0.29, 0.717) is 18.3 Å². The molecule has 3 rings (SSSR count). The second-order valence-corrected chi connectivity index (χ2v) is 6.31. The van der Waals surface area contributed by atoms with Gasteiger partial charge in [0.05, 0.1) is 24.9 Å². The molecule has 2 fully saturated rings. The molecule has 1 aliphatic heterocycles. The molecular weight excluding hydrogens is 268 g/mol. The Hall–Kier alpha value is -1.62. The number of nitrogens with one attached hydrogen (secondary N) is 1. The number of likely N-dealkylation sites (tertiary alicyclic amines) is 1. The Balaban J connectivity index is 1.64. The summed E-state index contributed by atoms with van der Waals surface area (Å²) in [5.74, 6) is 1.33. The molecule has 1 aliphatic carbocycles. The normalized spacial score (nSPS) is 25.2. The summed E-state index contributed by atoms with van der Waals surface area (Å²) >= 11 is 0. The zero-order valence-electron chi connectivity index (χ0n) is 12.6. The number of hydrogen-bond donors (Lipinski definition) is 1. The van der Waals surface area contributed by atoms with E-state index in [9.17, 15) is 9.59 Å². The van der Waals surface area contributed by atoms with Crippen molar-refractivity contribution in [2.45, 2.75) is 52.2 Å². The van der Waals surface area contributed by atoms with E-state index in [1.165, 1.54) is 4.90 Å². The lowest BCUT2D eigenvalue weighted by Crippen LogP contribution is -2.31. The molecule has 2 aliphatic rings. The molecule has 0 spiro atoms. The van der Waals surface area contributed by atoms with E-state index >= 15 is 0 Å². The van der Waals surface area contributed by atoms with Crippen molar-refractivity contribution in [3.05, 3.63) is 23.7 Å². The quantitative estimate of drug-likeness (QED) is 0.843. The lowest BCUT2D eigenvalue weighted by atomic mass is 10.00. The van der Waals surface area contributed by atoms with E-state index in [4.69, 9.17) is 4.42 Å². The predicted molar refractivity (Wildman–Crippen MR) is 77.1 cm³/mol. The topological polar surface area (TPSA) is 62.6 Å². The Labute approximate surface area is 124 Å². The summed E-state index contributed by atoms with van der Waals surface area (Å²) in [6, 6.07) is 4.14. The van der Waals surface area contributed by atoms with Gasteiger partial charge in [0.25, 0.3) is 0 Å². The highest BCUT2D eigenvalue weighted by Gasteiger charge is 2.49. The molecule has 114 valence electrons. The van der Waals surface area contributed by atoms with Crippen molar-refractivity contribution in [1.82, 2.24) is 10.2 Å². The summed E-state index contributed by atoms with van der Waals surface area (Å²) < 4.78 is 5.71. The second kappa shape index (κ2) is 5.64. The monoisotopic (exact) mass is 290 g/mol. The van der Waals surface area contributed by atoms with Gasteiger partial charge in [-0.3, -0.25) is 14.5 Å². The minimum atomic E-state index is -0.0745. The number of rotatable bonds is 5. The maximum absolute atomic E-state index is 12.3. The van der Waals surface area contributed by atoms with Crippen LogP contribution in [0.5, 0.6) is 0 Å². The lowest BCUT2D eigenvalue weighted by molar-refractivity contribution is -0.141. The van der Waals surface area contributed by atoms with E-state index in [1.54, 1.807) is 0 Å². The third-order valence-electron chi connectivity index (χ3n) is 4.40. The van der Waals surface area contributed by atoms with E-state index in [1.807, 2.05) is 12.1 Å². The Bertz CT molecular complexity index is 527. The van der Waals surface area contributed by atoms with Crippen LogP contribution in [0.15, 0.2) is 16.5 Å². The van der Waals surface area contributed by atoms with Gasteiger partial charge in [-0.2, -0.15) is 0 Å². The summed E-state index contributed by atoms with van der Waals surface area (Å²) in [5.41, 5.74) is 0. The van der Waals surface area contributed by atoms with Crippen LogP contribution in [0.4, 0.5) is 0 Å². The molecule has 2 heterocycles. The SMILES string of the molecule is CC(C)NCc1ccc(CN2C(=O)C3CCCC3C2=O)o1. The van der Waals surface area contributed by atoms with Gasteiger partial charge in [-0.05, 0) is 25.0 Å². The summed E-state index contributed by atoms with van der Waals surface area (Å²) in [4.78, 5) is 25.9. The number of amides is 2. The zero-order chi connectivity index (χ0) is 15.0. The van der Waals surface area contributed by atoms with Gasteiger partial charge in [0.1, 0.15) is 11.5 Å². The van der Waals surface area contributed by atoms with Crippen molar-refractivity contribution in [3.63, 3.8) is 0 Å².